The van der Waals surface area contributed by atoms with Crippen molar-refractivity contribution in [1.29, 1.82) is 0 Å². The third-order valence-electron chi connectivity index (χ3n) is 5.11. The first kappa shape index (κ1) is 23.3. The van der Waals surface area contributed by atoms with Crippen molar-refractivity contribution >= 4 is 38.8 Å². The molecule has 0 unspecified atom stereocenters. The lowest BCUT2D eigenvalue weighted by atomic mass is 10.2. The van der Waals surface area contributed by atoms with Crippen LogP contribution in [-0.4, -0.2) is 71.6 Å². The van der Waals surface area contributed by atoms with Crippen LogP contribution in [-0.2, 0) is 16.6 Å². The van der Waals surface area contributed by atoms with Crippen molar-refractivity contribution in [1.82, 2.24) is 23.3 Å². The van der Waals surface area contributed by atoms with E-state index in [0.717, 1.165) is 11.7 Å². The topological polar surface area (TPSA) is 105 Å². The van der Waals surface area contributed by atoms with Gasteiger partial charge >= 0.3 is 6.03 Å². The number of carbonyl (C=O) groups is 1. The Morgan fingerprint density at radius 1 is 1.12 bits per heavy atom. The Kier molecular flexibility index (Phi) is 7.00. The van der Waals surface area contributed by atoms with Crippen LogP contribution in [0.4, 0.5) is 13.6 Å². The highest BCUT2D eigenvalue weighted by Gasteiger charge is 2.31. The lowest BCUT2D eigenvalue weighted by Crippen LogP contribution is -2.53. The normalized spacial score (nSPS) is 15.2. The molecular formula is C20H21F2N5O4S2. The number of hydrogen-bond donors (Lipinski definition) is 1. The molecule has 1 aromatic heterocycles. The fourth-order valence-corrected chi connectivity index (χ4v) is 5.63. The number of rotatable bonds is 7. The van der Waals surface area contributed by atoms with Gasteiger partial charge in [-0.3, -0.25) is 0 Å². The highest BCUT2D eigenvalue weighted by molar-refractivity contribution is 7.89. The summed E-state index contributed by atoms with van der Waals surface area (Å²) in [6.07, 6.45) is -2.57. The maximum atomic E-state index is 13.1. The standard InChI is InChI=1S/C20H21F2N5O4S2/c21-18(22)13-31-15-4-1-3-14(11-15)12-23-20(28)26-7-9-27(10-8-26)33(29,30)17-6-2-5-16-19(17)25-32-24-16/h1-6,11,18H,7-10,12-13H2,(H,23,28). The van der Waals surface area contributed by atoms with Crippen LogP contribution in [0.15, 0.2) is 47.4 Å². The molecule has 0 atom stereocenters. The highest BCUT2D eigenvalue weighted by atomic mass is 32.2. The van der Waals surface area contributed by atoms with Gasteiger partial charge in [0.05, 0.1) is 11.7 Å². The SMILES string of the molecule is O=C(NCc1cccc(OCC(F)F)c1)N1CCN(S(=O)(=O)c2cccc3nsnc23)CC1. The first-order chi connectivity index (χ1) is 15.8. The van der Waals surface area contributed by atoms with E-state index in [2.05, 4.69) is 14.1 Å². The molecule has 0 radical (unpaired) electrons. The third kappa shape index (κ3) is 5.37. The van der Waals surface area contributed by atoms with E-state index in [0.29, 0.717) is 22.3 Å². The molecule has 4 rings (SSSR count). The Balaban J connectivity index is 1.32. The second-order valence-corrected chi connectivity index (χ2v) is 9.72. The summed E-state index contributed by atoms with van der Waals surface area (Å²) in [5.41, 5.74) is 1.58. The predicted octanol–water partition coefficient (Wildman–Crippen LogP) is 2.55. The van der Waals surface area contributed by atoms with Gasteiger partial charge in [-0.1, -0.05) is 18.2 Å². The van der Waals surface area contributed by atoms with Crippen LogP contribution >= 0.6 is 11.7 Å². The summed E-state index contributed by atoms with van der Waals surface area (Å²) in [5.74, 6) is 0.297. The molecule has 0 saturated carbocycles. The number of nitrogens with one attached hydrogen (secondary N) is 1. The predicted molar refractivity (Wildman–Crippen MR) is 118 cm³/mol. The Morgan fingerprint density at radius 2 is 1.88 bits per heavy atom. The number of fused-ring (bicyclic) bond motifs is 1. The van der Waals surface area contributed by atoms with Crippen molar-refractivity contribution in [2.75, 3.05) is 32.8 Å². The van der Waals surface area contributed by atoms with Crippen LogP contribution < -0.4 is 10.1 Å². The van der Waals surface area contributed by atoms with E-state index in [1.54, 1.807) is 36.4 Å². The molecule has 1 aliphatic rings. The van der Waals surface area contributed by atoms with Crippen molar-refractivity contribution in [3.63, 3.8) is 0 Å². The molecule has 3 aromatic rings. The average molecular weight is 498 g/mol. The van der Waals surface area contributed by atoms with Gasteiger partial charge in [-0.15, -0.1) is 0 Å². The molecule has 9 nitrogen and oxygen atoms in total. The van der Waals surface area contributed by atoms with Gasteiger partial charge in [0, 0.05) is 32.7 Å². The molecule has 0 spiro atoms. The summed E-state index contributed by atoms with van der Waals surface area (Å²) in [5, 5.41) is 2.77. The van der Waals surface area contributed by atoms with Crippen molar-refractivity contribution in [2.24, 2.45) is 0 Å². The average Bonchev–Trinajstić information content (AvgIpc) is 3.30. The number of halogens is 2. The third-order valence-corrected chi connectivity index (χ3v) is 7.58. The van der Waals surface area contributed by atoms with E-state index in [1.807, 2.05) is 0 Å². The molecule has 33 heavy (non-hydrogen) atoms. The summed E-state index contributed by atoms with van der Waals surface area (Å²) in [6, 6.07) is 11.1. The molecule has 1 aliphatic heterocycles. The van der Waals surface area contributed by atoms with E-state index in [1.165, 1.54) is 15.3 Å². The molecule has 1 fully saturated rings. The highest BCUT2D eigenvalue weighted by Crippen LogP contribution is 2.25. The number of piperazine rings is 1. The number of sulfonamides is 1. The summed E-state index contributed by atoms with van der Waals surface area (Å²) in [4.78, 5) is 14.2. The van der Waals surface area contributed by atoms with Gasteiger partial charge < -0.3 is 15.0 Å². The summed E-state index contributed by atoms with van der Waals surface area (Å²) < 4.78 is 65.3. The number of alkyl halides is 2. The van der Waals surface area contributed by atoms with Gasteiger partial charge in [0.2, 0.25) is 10.0 Å². The van der Waals surface area contributed by atoms with Crippen LogP contribution in [0, 0.1) is 0 Å². The number of ether oxygens (including phenoxy) is 1. The number of carbonyl (C=O) groups excluding carboxylic acids is 1. The van der Waals surface area contributed by atoms with E-state index in [9.17, 15) is 22.0 Å². The Bertz CT molecular complexity index is 1230. The van der Waals surface area contributed by atoms with Crippen LogP contribution in [0.3, 0.4) is 0 Å². The molecule has 2 amide bonds. The van der Waals surface area contributed by atoms with Crippen LogP contribution in [0.2, 0.25) is 0 Å². The minimum atomic E-state index is -3.77. The Hall–Kier alpha value is -2.90. The largest absolute Gasteiger partial charge is 0.488 e. The summed E-state index contributed by atoms with van der Waals surface area (Å²) >= 11 is 0.957. The molecule has 2 heterocycles. The van der Waals surface area contributed by atoms with Gasteiger partial charge in [0.25, 0.3) is 6.43 Å². The monoisotopic (exact) mass is 497 g/mol. The summed E-state index contributed by atoms with van der Waals surface area (Å²) in [7, 11) is -3.77. The number of aromatic nitrogens is 2. The summed E-state index contributed by atoms with van der Waals surface area (Å²) in [6.45, 7) is 0.252. The van der Waals surface area contributed by atoms with Crippen molar-refractivity contribution in [3.05, 3.63) is 48.0 Å². The van der Waals surface area contributed by atoms with E-state index in [-0.39, 0.29) is 43.7 Å². The van der Waals surface area contributed by atoms with E-state index < -0.39 is 23.1 Å². The minimum Gasteiger partial charge on any atom is -0.488 e. The lowest BCUT2D eigenvalue weighted by Gasteiger charge is -2.34. The van der Waals surface area contributed by atoms with Gasteiger partial charge in [-0.25, -0.2) is 22.0 Å². The smallest absolute Gasteiger partial charge is 0.317 e. The molecule has 1 saturated heterocycles. The van der Waals surface area contributed by atoms with Gasteiger partial charge in [0.1, 0.15) is 28.3 Å². The number of benzene rings is 2. The first-order valence-corrected chi connectivity index (χ1v) is 12.3. The molecule has 0 aliphatic carbocycles. The Morgan fingerprint density at radius 3 is 2.64 bits per heavy atom. The molecule has 0 bridgehead atoms. The lowest BCUT2D eigenvalue weighted by molar-refractivity contribution is 0.0818. The van der Waals surface area contributed by atoms with Gasteiger partial charge in [0.15, 0.2) is 0 Å². The van der Waals surface area contributed by atoms with Crippen molar-refractivity contribution < 1.29 is 26.7 Å². The van der Waals surface area contributed by atoms with Crippen molar-refractivity contribution in [3.8, 4) is 5.75 Å². The maximum absolute atomic E-state index is 13.1. The van der Waals surface area contributed by atoms with Crippen LogP contribution in [0.1, 0.15) is 5.56 Å². The molecular weight excluding hydrogens is 476 g/mol. The maximum Gasteiger partial charge on any atom is 0.317 e. The zero-order chi connectivity index (χ0) is 23.4. The number of hydrogen-bond acceptors (Lipinski definition) is 7. The van der Waals surface area contributed by atoms with E-state index >= 15 is 0 Å². The zero-order valence-electron chi connectivity index (χ0n) is 17.4. The molecule has 1 N–H and O–H groups in total. The fraction of sp³-hybridized carbons (Fsp3) is 0.350. The fourth-order valence-electron chi connectivity index (χ4n) is 3.45. The van der Waals surface area contributed by atoms with E-state index in [4.69, 9.17) is 4.74 Å². The zero-order valence-corrected chi connectivity index (χ0v) is 19.0. The molecule has 13 heteroatoms. The second kappa shape index (κ2) is 9.93. The van der Waals surface area contributed by atoms with Gasteiger partial charge in [-0.05, 0) is 29.8 Å². The van der Waals surface area contributed by atoms with Crippen LogP contribution in [0.25, 0.3) is 11.0 Å². The number of nitrogens with zero attached hydrogens (tertiary/aromatic N) is 4. The van der Waals surface area contributed by atoms with Crippen molar-refractivity contribution in [2.45, 2.75) is 17.9 Å². The molecule has 2 aromatic carbocycles. The van der Waals surface area contributed by atoms with Crippen LogP contribution in [0.5, 0.6) is 5.75 Å². The minimum absolute atomic E-state index is 0.112. The number of urea groups is 1. The Labute approximate surface area is 193 Å². The van der Waals surface area contributed by atoms with Gasteiger partial charge in [-0.2, -0.15) is 13.1 Å². The molecule has 176 valence electrons. The number of amides is 2. The first-order valence-electron chi connectivity index (χ1n) is 10.1. The second-order valence-electron chi connectivity index (χ2n) is 7.29. The quantitative estimate of drug-likeness (QED) is 0.538.